The van der Waals surface area contributed by atoms with Gasteiger partial charge in [-0.05, 0) is 0 Å². The molecule has 0 amide bonds. The third kappa shape index (κ3) is 5.53. The van der Waals surface area contributed by atoms with E-state index in [1.165, 1.54) is 25.7 Å². The fourth-order valence-corrected chi connectivity index (χ4v) is 4.08. The zero-order valence-electron chi connectivity index (χ0n) is 8.41. The smallest absolute Gasteiger partial charge is 0.107 e. The molecule has 0 heterocycles. The molecule has 0 aromatic carbocycles. The fraction of sp³-hybridized carbons (Fsp3) is 0.800. The average molecular weight is 188 g/mol. The van der Waals surface area contributed by atoms with Gasteiger partial charge in [-0.2, -0.15) is 0 Å². The van der Waals surface area contributed by atoms with Crippen molar-refractivity contribution in [3.63, 3.8) is 0 Å². The molecule has 0 nitrogen and oxygen atoms in total. The Kier molecular flexibility index (Phi) is 7.46. The normalized spacial score (nSPS) is 10.7. The number of unbranched alkanes of at least 4 members (excludes halogenated alkanes) is 2. The first-order valence-electron chi connectivity index (χ1n) is 5.06. The van der Waals surface area contributed by atoms with Crippen LogP contribution in [0.4, 0.5) is 4.39 Å². The first-order valence-corrected chi connectivity index (χ1v) is 7.27. The molecule has 0 rings (SSSR count). The average Bonchev–Trinajstić information content (AvgIpc) is 2.04. The summed E-state index contributed by atoms with van der Waals surface area (Å²) in [6, 6.07) is 2.23. The van der Waals surface area contributed by atoms with E-state index in [4.69, 9.17) is 0 Å². The molecule has 0 aliphatic carbocycles. The van der Waals surface area contributed by atoms with Crippen molar-refractivity contribution in [3.05, 3.63) is 12.0 Å². The summed E-state index contributed by atoms with van der Waals surface area (Å²) in [7, 11) is -1.20. The van der Waals surface area contributed by atoms with E-state index in [9.17, 15) is 4.39 Å². The summed E-state index contributed by atoms with van der Waals surface area (Å²) in [5.41, 5.74) is 0.0249. The third-order valence-electron chi connectivity index (χ3n) is 2.26. The molecule has 0 fully saturated rings. The lowest BCUT2D eigenvalue weighted by Crippen LogP contribution is -2.12. The van der Waals surface area contributed by atoms with Crippen LogP contribution in [-0.2, 0) is 0 Å². The molecule has 0 saturated carbocycles. The Morgan fingerprint density at radius 1 is 1.17 bits per heavy atom. The van der Waals surface area contributed by atoms with Crippen LogP contribution in [0.25, 0.3) is 0 Å². The van der Waals surface area contributed by atoms with Crippen molar-refractivity contribution in [2.75, 3.05) is 0 Å². The van der Waals surface area contributed by atoms with E-state index in [1.54, 1.807) is 0 Å². The molecule has 0 atom stereocenters. The standard InChI is InChI=1S/C10H21FSi/c1-4-6-8-12(10(3)11)9-7-5-2/h12H,3-9H2,1-2H3. The minimum absolute atomic E-state index is 0.0249. The number of hydrogen-bond donors (Lipinski definition) is 0. The summed E-state index contributed by atoms with van der Waals surface area (Å²) >= 11 is 0. The predicted molar refractivity (Wildman–Crippen MR) is 56.8 cm³/mol. The van der Waals surface area contributed by atoms with E-state index in [1.807, 2.05) is 0 Å². The Labute approximate surface area is 77.5 Å². The maximum Gasteiger partial charge on any atom is 0.107 e. The maximum absolute atomic E-state index is 12.9. The Morgan fingerprint density at radius 3 is 1.83 bits per heavy atom. The summed E-state index contributed by atoms with van der Waals surface area (Å²) in [5.74, 6) is 0. The van der Waals surface area contributed by atoms with Crippen molar-refractivity contribution in [1.82, 2.24) is 0 Å². The largest absolute Gasteiger partial charge is 0.218 e. The molecule has 2 heteroatoms. The van der Waals surface area contributed by atoms with Crippen LogP contribution in [0.3, 0.4) is 0 Å². The zero-order valence-corrected chi connectivity index (χ0v) is 9.56. The minimum atomic E-state index is -1.20. The molecule has 0 N–H and O–H groups in total. The van der Waals surface area contributed by atoms with Crippen LogP contribution in [0, 0.1) is 0 Å². The van der Waals surface area contributed by atoms with Gasteiger partial charge in [0.15, 0.2) is 0 Å². The first-order chi connectivity index (χ1) is 5.72. The maximum atomic E-state index is 12.9. The van der Waals surface area contributed by atoms with Gasteiger partial charge in [-0.15, -0.1) is 0 Å². The van der Waals surface area contributed by atoms with Gasteiger partial charge in [0.05, 0.1) is 5.45 Å². The van der Waals surface area contributed by atoms with Crippen molar-refractivity contribution in [2.45, 2.75) is 51.6 Å². The van der Waals surface area contributed by atoms with Crippen molar-refractivity contribution >= 4 is 8.80 Å². The van der Waals surface area contributed by atoms with Crippen LogP contribution >= 0.6 is 0 Å². The summed E-state index contributed by atoms with van der Waals surface area (Å²) in [4.78, 5) is 0. The second-order valence-corrected chi connectivity index (χ2v) is 6.60. The van der Waals surface area contributed by atoms with E-state index < -0.39 is 8.80 Å². The van der Waals surface area contributed by atoms with Crippen molar-refractivity contribution < 1.29 is 4.39 Å². The molecular weight excluding hydrogens is 167 g/mol. The Hall–Kier alpha value is -0.113. The topological polar surface area (TPSA) is 0 Å². The van der Waals surface area contributed by atoms with E-state index in [0.717, 1.165) is 12.1 Å². The Balaban J connectivity index is 3.62. The molecule has 0 radical (unpaired) electrons. The molecule has 0 aliphatic rings. The van der Waals surface area contributed by atoms with Crippen molar-refractivity contribution in [2.24, 2.45) is 0 Å². The summed E-state index contributed by atoms with van der Waals surface area (Å²) in [6.45, 7) is 7.77. The highest BCUT2D eigenvalue weighted by Gasteiger charge is 2.12. The monoisotopic (exact) mass is 188 g/mol. The van der Waals surface area contributed by atoms with Crippen LogP contribution in [0.5, 0.6) is 0 Å². The summed E-state index contributed by atoms with van der Waals surface area (Å²) in [5, 5.41) is 0. The number of hydrogen-bond acceptors (Lipinski definition) is 0. The van der Waals surface area contributed by atoms with Gasteiger partial charge in [0.2, 0.25) is 0 Å². The molecule has 72 valence electrons. The lowest BCUT2D eigenvalue weighted by Gasteiger charge is -2.10. The van der Waals surface area contributed by atoms with Gasteiger partial charge < -0.3 is 0 Å². The number of rotatable bonds is 7. The van der Waals surface area contributed by atoms with Crippen molar-refractivity contribution in [1.29, 1.82) is 0 Å². The molecule has 0 bridgehead atoms. The van der Waals surface area contributed by atoms with Crippen LogP contribution in [0.15, 0.2) is 12.0 Å². The lowest BCUT2D eigenvalue weighted by molar-refractivity contribution is 0.681. The van der Waals surface area contributed by atoms with Gasteiger partial charge in [-0.25, -0.2) is 4.39 Å². The second kappa shape index (κ2) is 7.53. The molecule has 0 aromatic heterocycles. The zero-order chi connectivity index (χ0) is 9.40. The Morgan fingerprint density at radius 2 is 1.58 bits per heavy atom. The summed E-state index contributed by atoms with van der Waals surface area (Å²) < 4.78 is 12.9. The third-order valence-corrected chi connectivity index (χ3v) is 5.35. The molecule has 0 aromatic rings. The molecule has 0 unspecified atom stereocenters. The van der Waals surface area contributed by atoms with Gasteiger partial charge in [-0.1, -0.05) is 58.2 Å². The van der Waals surface area contributed by atoms with Crippen LogP contribution in [0.2, 0.25) is 12.1 Å². The quantitative estimate of drug-likeness (QED) is 0.533. The summed E-state index contributed by atoms with van der Waals surface area (Å²) in [6.07, 6.45) is 4.74. The SMILES string of the molecule is C=C(F)[SiH](CCCC)CCCC. The van der Waals surface area contributed by atoms with Crippen molar-refractivity contribution in [3.8, 4) is 0 Å². The van der Waals surface area contributed by atoms with Gasteiger partial charge in [0.1, 0.15) is 8.80 Å². The highest BCUT2D eigenvalue weighted by atomic mass is 28.3. The molecule has 0 spiro atoms. The first kappa shape index (κ1) is 11.9. The van der Waals surface area contributed by atoms with Gasteiger partial charge in [-0.3, -0.25) is 0 Å². The minimum Gasteiger partial charge on any atom is -0.218 e. The van der Waals surface area contributed by atoms with Crippen LogP contribution in [-0.4, -0.2) is 8.80 Å². The molecule has 0 aliphatic heterocycles. The van der Waals surface area contributed by atoms with Crippen LogP contribution < -0.4 is 0 Å². The van der Waals surface area contributed by atoms with E-state index >= 15 is 0 Å². The highest BCUT2D eigenvalue weighted by Crippen LogP contribution is 2.16. The molecular formula is C10H21FSi. The predicted octanol–water partition coefficient (Wildman–Crippen LogP) is 3.84. The van der Waals surface area contributed by atoms with Gasteiger partial charge in [0, 0.05) is 0 Å². The molecule has 12 heavy (non-hydrogen) atoms. The van der Waals surface area contributed by atoms with E-state index in [-0.39, 0.29) is 5.45 Å². The van der Waals surface area contributed by atoms with E-state index in [0.29, 0.717) is 0 Å². The Bertz CT molecular complexity index is 115. The second-order valence-electron chi connectivity index (χ2n) is 3.43. The van der Waals surface area contributed by atoms with Crippen LogP contribution in [0.1, 0.15) is 39.5 Å². The highest BCUT2D eigenvalue weighted by molar-refractivity contribution is 6.65. The van der Waals surface area contributed by atoms with E-state index in [2.05, 4.69) is 20.4 Å². The number of halogens is 1. The molecule has 0 saturated heterocycles. The lowest BCUT2D eigenvalue weighted by atomic mass is 10.4. The fourth-order valence-electron chi connectivity index (χ4n) is 1.36. The van der Waals surface area contributed by atoms with Gasteiger partial charge in [0.25, 0.3) is 0 Å². The van der Waals surface area contributed by atoms with Gasteiger partial charge >= 0.3 is 0 Å².